The fraction of sp³-hybridized carbons (Fsp3) is 0.872. The van der Waals surface area contributed by atoms with E-state index in [2.05, 4.69) is 31.3 Å². The first kappa shape index (κ1) is 51.3. The van der Waals surface area contributed by atoms with E-state index in [0.29, 0.717) is 19.4 Å². The van der Waals surface area contributed by atoms with Gasteiger partial charge in [0.1, 0.15) is 0 Å². The van der Waals surface area contributed by atoms with E-state index in [-0.39, 0.29) is 18.5 Å². The van der Waals surface area contributed by atoms with Gasteiger partial charge < -0.3 is 20.3 Å². The number of carbonyl (C=O) groups is 2. The second kappa shape index (κ2) is 43.1. The van der Waals surface area contributed by atoms with Crippen molar-refractivity contribution in [3.63, 3.8) is 0 Å². The molecule has 1 amide bonds. The number of aliphatic hydroxyl groups excluding tert-OH is 2. The van der Waals surface area contributed by atoms with Gasteiger partial charge in [0.2, 0.25) is 5.91 Å². The molecule has 0 heterocycles. The first-order valence-electron chi connectivity index (χ1n) is 23.1. The third-order valence-electron chi connectivity index (χ3n) is 10.5. The number of amides is 1. The molecule has 2 atom stereocenters. The molecule has 0 saturated carbocycles. The molecule has 3 N–H and O–H groups in total. The number of rotatable bonds is 42. The van der Waals surface area contributed by atoms with Gasteiger partial charge in [-0.3, -0.25) is 9.59 Å². The second-order valence-electron chi connectivity index (χ2n) is 15.7. The summed E-state index contributed by atoms with van der Waals surface area (Å²) in [5, 5.41) is 22.9. The van der Waals surface area contributed by atoms with Gasteiger partial charge in [-0.25, -0.2) is 0 Å². The molecule has 0 aliphatic carbocycles. The zero-order chi connectivity index (χ0) is 38.7. The Morgan fingerprint density at radius 3 is 1.40 bits per heavy atom. The van der Waals surface area contributed by atoms with Crippen LogP contribution in [0.25, 0.3) is 0 Å². The molecule has 0 radical (unpaired) electrons. The normalized spacial score (nSPS) is 12.9. The molecule has 53 heavy (non-hydrogen) atoms. The predicted octanol–water partition coefficient (Wildman–Crippen LogP) is 13.2. The van der Waals surface area contributed by atoms with Crippen molar-refractivity contribution in [2.75, 3.05) is 13.2 Å². The lowest BCUT2D eigenvalue weighted by Gasteiger charge is -2.20. The van der Waals surface area contributed by atoms with Crippen LogP contribution >= 0.6 is 0 Å². The second-order valence-corrected chi connectivity index (χ2v) is 15.7. The van der Waals surface area contributed by atoms with Crippen LogP contribution in [0.1, 0.15) is 239 Å². The summed E-state index contributed by atoms with van der Waals surface area (Å²) < 4.78 is 5.43. The van der Waals surface area contributed by atoms with Gasteiger partial charge in [-0.2, -0.15) is 0 Å². The number of ether oxygens (including phenoxy) is 1. The maximum absolute atomic E-state index is 12.3. The number of nitrogens with one attached hydrogen (secondary N) is 1. The number of esters is 1. The Morgan fingerprint density at radius 1 is 0.509 bits per heavy atom. The predicted molar refractivity (Wildman–Crippen MR) is 227 cm³/mol. The highest BCUT2D eigenvalue weighted by atomic mass is 16.5. The van der Waals surface area contributed by atoms with Gasteiger partial charge in [0, 0.05) is 12.8 Å². The van der Waals surface area contributed by atoms with Crippen molar-refractivity contribution in [3.8, 4) is 0 Å². The Balaban J connectivity index is 3.44. The van der Waals surface area contributed by atoms with Crippen LogP contribution in [0.5, 0.6) is 0 Å². The molecule has 312 valence electrons. The Bertz CT molecular complexity index is 828. The molecule has 0 aliphatic rings. The van der Waals surface area contributed by atoms with Crippen LogP contribution in [0.4, 0.5) is 0 Å². The molecular formula is C47H89NO5. The smallest absolute Gasteiger partial charge is 0.305 e. The lowest BCUT2D eigenvalue weighted by molar-refractivity contribution is -0.143. The van der Waals surface area contributed by atoms with E-state index in [1.165, 1.54) is 167 Å². The van der Waals surface area contributed by atoms with Crippen molar-refractivity contribution in [1.82, 2.24) is 5.32 Å². The summed E-state index contributed by atoms with van der Waals surface area (Å²) in [6, 6.07) is -0.630. The third kappa shape index (κ3) is 39.8. The number of hydrogen-bond donors (Lipinski definition) is 3. The van der Waals surface area contributed by atoms with Gasteiger partial charge in [0.05, 0.1) is 25.4 Å². The molecular weight excluding hydrogens is 659 g/mol. The Morgan fingerprint density at radius 2 is 0.906 bits per heavy atom. The molecule has 0 saturated heterocycles. The average Bonchev–Trinajstić information content (AvgIpc) is 3.16. The van der Waals surface area contributed by atoms with Gasteiger partial charge >= 0.3 is 5.97 Å². The van der Waals surface area contributed by atoms with Gasteiger partial charge in [0.25, 0.3) is 0 Å². The first-order valence-corrected chi connectivity index (χ1v) is 23.1. The van der Waals surface area contributed by atoms with E-state index in [4.69, 9.17) is 4.74 Å². The van der Waals surface area contributed by atoms with E-state index in [9.17, 15) is 19.8 Å². The Kier molecular flexibility index (Phi) is 41.7. The summed E-state index contributed by atoms with van der Waals surface area (Å²) in [6.45, 7) is 4.81. The molecule has 0 aliphatic heterocycles. The number of hydrogen-bond acceptors (Lipinski definition) is 5. The molecule has 6 heteroatoms. The molecule has 2 unspecified atom stereocenters. The summed E-state index contributed by atoms with van der Waals surface area (Å²) in [7, 11) is 0. The molecule has 0 aromatic carbocycles. The monoisotopic (exact) mass is 748 g/mol. The number of allylic oxidation sites excluding steroid dienone is 3. The van der Waals surface area contributed by atoms with Crippen LogP contribution in [-0.2, 0) is 14.3 Å². The maximum atomic E-state index is 12.3. The minimum atomic E-state index is -0.846. The molecule has 0 fully saturated rings. The SMILES string of the molecule is CCCC/C=C\CCCCCCCC(=O)OCCCCCCCCCCCCCCCCCCC(=O)NC(CO)C(O)/C=C/CCCCCCCCC. The highest BCUT2D eigenvalue weighted by molar-refractivity contribution is 5.76. The number of carbonyl (C=O) groups excluding carboxylic acids is 2. The van der Waals surface area contributed by atoms with Crippen molar-refractivity contribution in [1.29, 1.82) is 0 Å². The Hall–Kier alpha value is -1.66. The van der Waals surface area contributed by atoms with Crippen LogP contribution in [0.2, 0.25) is 0 Å². The first-order chi connectivity index (χ1) is 26.0. The minimum absolute atomic E-state index is 0.00998. The standard InChI is InChI=1S/C47H89NO5/c1-3-5-7-9-11-13-20-25-29-33-37-41-47(52)53-42-38-34-30-26-22-19-17-15-14-16-18-21-24-28-32-36-40-46(51)48-44(43-49)45(50)39-35-31-27-23-12-10-8-6-4-2/h9,11,35,39,44-45,49-50H,3-8,10,12-34,36-38,40-43H2,1-2H3,(H,48,51)/b11-9-,39-35+. The van der Waals surface area contributed by atoms with Crippen molar-refractivity contribution >= 4 is 11.9 Å². The van der Waals surface area contributed by atoms with E-state index >= 15 is 0 Å². The molecule has 0 aromatic rings. The van der Waals surface area contributed by atoms with E-state index in [1.54, 1.807) is 6.08 Å². The lowest BCUT2D eigenvalue weighted by Crippen LogP contribution is -2.45. The molecule has 0 rings (SSSR count). The van der Waals surface area contributed by atoms with Crippen LogP contribution in [0.3, 0.4) is 0 Å². The van der Waals surface area contributed by atoms with E-state index in [1.807, 2.05) is 6.08 Å². The van der Waals surface area contributed by atoms with Crippen LogP contribution in [0, 0.1) is 0 Å². The average molecular weight is 748 g/mol. The molecule has 6 nitrogen and oxygen atoms in total. The summed E-state index contributed by atoms with van der Waals surface area (Å²) in [4.78, 5) is 24.3. The third-order valence-corrected chi connectivity index (χ3v) is 10.5. The van der Waals surface area contributed by atoms with Crippen LogP contribution in [0.15, 0.2) is 24.3 Å². The highest BCUT2D eigenvalue weighted by Gasteiger charge is 2.18. The quantitative estimate of drug-likeness (QED) is 0.0328. The van der Waals surface area contributed by atoms with Gasteiger partial charge in [0.15, 0.2) is 0 Å². The lowest BCUT2D eigenvalue weighted by atomic mass is 10.0. The van der Waals surface area contributed by atoms with E-state index in [0.717, 1.165) is 44.9 Å². The van der Waals surface area contributed by atoms with Gasteiger partial charge in [-0.1, -0.05) is 199 Å². The van der Waals surface area contributed by atoms with Crippen molar-refractivity contribution in [3.05, 3.63) is 24.3 Å². The minimum Gasteiger partial charge on any atom is -0.466 e. The maximum Gasteiger partial charge on any atom is 0.305 e. The number of unbranched alkanes of at least 4 members (excludes halogenated alkanes) is 29. The van der Waals surface area contributed by atoms with Crippen molar-refractivity contribution < 1.29 is 24.5 Å². The molecule has 0 bridgehead atoms. The Labute approximate surface area is 329 Å². The summed E-state index contributed by atoms with van der Waals surface area (Å²) in [6.07, 6.45) is 48.8. The fourth-order valence-corrected chi connectivity index (χ4v) is 6.85. The zero-order valence-corrected chi connectivity index (χ0v) is 35.2. The van der Waals surface area contributed by atoms with Crippen molar-refractivity contribution in [2.45, 2.75) is 251 Å². The summed E-state index contributed by atoms with van der Waals surface area (Å²) in [5.41, 5.74) is 0. The summed E-state index contributed by atoms with van der Waals surface area (Å²) >= 11 is 0. The van der Waals surface area contributed by atoms with E-state index < -0.39 is 12.1 Å². The van der Waals surface area contributed by atoms with Crippen LogP contribution < -0.4 is 5.32 Å². The van der Waals surface area contributed by atoms with Crippen LogP contribution in [-0.4, -0.2) is 47.4 Å². The fourth-order valence-electron chi connectivity index (χ4n) is 6.85. The molecule has 0 aromatic heterocycles. The molecule has 0 spiro atoms. The highest BCUT2D eigenvalue weighted by Crippen LogP contribution is 2.15. The largest absolute Gasteiger partial charge is 0.466 e. The van der Waals surface area contributed by atoms with Gasteiger partial charge in [-0.15, -0.1) is 0 Å². The zero-order valence-electron chi connectivity index (χ0n) is 35.2. The number of aliphatic hydroxyl groups is 2. The van der Waals surface area contributed by atoms with Gasteiger partial charge in [-0.05, 0) is 51.4 Å². The topological polar surface area (TPSA) is 95.9 Å². The van der Waals surface area contributed by atoms with Crippen molar-refractivity contribution in [2.24, 2.45) is 0 Å². The summed E-state index contributed by atoms with van der Waals surface area (Å²) in [5.74, 6) is -0.0887.